The maximum atomic E-state index is 12.7. The van der Waals surface area contributed by atoms with E-state index < -0.39 is 10.0 Å². The summed E-state index contributed by atoms with van der Waals surface area (Å²) in [6.07, 6.45) is 4.07. The van der Waals surface area contributed by atoms with E-state index in [-0.39, 0.29) is 16.3 Å². The molecule has 0 spiro atoms. The zero-order valence-electron chi connectivity index (χ0n) is 15.3. The van der Waals surface area contributed by atoms with Crippen LogP contribution in [-0.4, -0.2) is 24.8 Å². The van der Waals surface area contributed by atoms with Gasteiger partial charge in [-0.15, -0.1) is 11.3 Å². The first-order chi connectivity index (χ1) is 13.9. The van der Waals surface area contributed by atoms with E-state index in [1.165, 1.54) is 41.8 Å². The van der Waals surface area contributed by atoms with E-state index in [4.69, 9.17) is 11.6 Å². The minimum absolute atomic E-state index is 0.0755. The van der Waals surface area contributed by atoms with Crippen molar-refractivity contribution in [3.05, 3.63) is 76.3 Å². The van der Waals surface area contributed by atoms with Gasteiger partial charge >= 0.3 is 0 Å². The van der Waals surface area contributed by atoms with E-state index >= 15 is 0 Å². The molecule has 1 fully saturated rings. The van der Waals surface area contributed by atoms with Crippen LogP contribution in [0.1, 0.15) is 28.8 Å². The number of rotatable bonds is 7. The van der Waals surface area contributed by atoms with Crippen LogP contribution in [-0.2, 0) is 16.4 Å². The van der Waals surface area contributed by atoms with Gasteiger partial charge in [0.05, 0.1) is 4.90 Å². The van der Waals surface area contributed by atoms with Gasteiger partial charge in [0.25, 0.3) is 15.9 Å². The highest BCUT2D eigenvalue weighted by atomic mass is 35.5. The Hall–Kier alpha value is -2.42. The van der Waals surface area contributed by atoms with E-state index in [0.717, 1.165) is 24.8 Å². The van der Waals surface area contributed by atoms with Gasteiger partial charge in [0.1, 0.15) is 0 Å². The second kappa shape index (κ2) is 7.78. The summed E-state index contributed by atoms with van der Waals surface area (Å²) in [4.78, 5) is 16.6. The van der Waals surface area contributed by atoms with Crippen molar-refractivity contribution in [3.8, 4) is 0 Å². The molecule has 9 heteroatoms. The first kappa shape index (κ1) is 19.9. The average Bonchev–Trinajstić information content (AvgIpc) is 3.25. The predicted molar refractivity (Wildman–Crippen MR) is 114 cm³/mol. The topological polar surface area (TPSA) is 88.2 Å². The Morgan fingerprint density at radius 3 is 2.38 bits per heavy atom. The summed E-state index contributed by atoms with van der Waals surface area (Å²) in [6.45, 7) is 0. The van der Waals surface area contributed by atoms with E-state index in [1.807, 2.05) is 24.3 Å². The summed E-state index contributed by atoms with van der Waals surface area (Å²) < 4.78 is 27.2. The van der Waals surface area contributed by atoms with E-state index in [1.54, 1.807) is 5.38 Å². The zero-order valence-corrected chi connectivity index (χ0v) is 17.7. The molecule has 1 heterocycles. The standard InChI is InChI=1S/C20H18ClN3O3S2/c21-16-5-1-14(2-6-16)13-20(9-10-20)23-18(25)15-3-7-17(8-4-15)29(26,27)24-19-22-11-12-28-19/h1-8,11-12H,9-10,13H2,(H,22,24)(H,23,25). The van der Waals surface area contributed by atoms with Crippen molar-refractivity contribution in [1.29, 1.82) is 0 Å². The second-order valence-electron chi connectivity index (χ2n) is 7.00. The van der Waals surface area contributed by atoms with E-state index in [0.29, 0.717) is 15.7 Å². The fraction of sp³-hybridized carbons (Fsp3) is 0.200. The molecular formula is C20H18ClN3O3S2. The van der Waals surface area contributed by atoms with E-state index in [2.05, 4.69) is 15.0 Å². The molecule has 6 nitrogen and oxygen atoms in total. The molecule has 150 valence electrons. The molecule has 3 aromatic rings. The molecular weight excluding hydrogens is 430 g/mol. The SMILES string of the molecule is O=C(NC1(Cc2ccc(Cl)cc2)CC1)c1ccc(S(=O)(=O)Nc2nccs2)cc1. The van der Waals surface area contributed by atoms with Crippen molar-refractivity contribution < 1.29 is 13.2 Å². The van der Waals surface area contributed by atoms with Crippen LogP contribution in [0.5, 0.6) is 0 Å². The number of carbonyl (C=O) groups excluding carboxylic acids is 1. The number of nitrogens with one attached hydrogen (secondary N) is 2. The van der Waals surface area contributed by atoms with Gasteiger partial charge in [0.2, 0.25) is 0 Å². The lowest BCUT2D eigenvalue weighted by Gasteiger charge is -2.18. The number of thiazole rings is 1. The lowest BCUT2D eigenvalue weighted by Crippen LogP contribution is -2.38. The van der Waals surface area contributed by atoms with Crippen molar-refractivity contribution in [3.63, 3.8) is 0 Å². The summed E-state index contributed by atoms with van der Waals surface area (Å²) >= 11 is 7.12. The Balaban J connectivity index is 1.42. The number of benzene rings is 2. The van der Waals surface area contributed by atoms with Crippen molar-refractivity contribution in [2.24, 2.45) is 0 Å². The molecule has 1 amide bonds. The number of aromatic nitrogens is 1. The third-order valence-electron chi connectivity index (χ3n) is 4.77. The summed E-state index contributed by atoms with van der Waals surface area (Å²) in [5, 5.41) is 5.76. The highest BCUT2D eigenvalue weighted by Gasteiger charge is 2.44. The third-order valence-corrected chi connectivity index (χ3v) is 7.19. The van der Waals surface area contributed by atoms with Gasteiger partial charge in [-0.05, 0) is 61.2 Å². The molecule has 0 aliphatic heterocycles. The molecule has 29 heavy (non-hydrogen) atoms. The van der Waals surface area contributed by atoms with Crippen molar-refractivity contribution in [2.75, 3.05) is 4.72 Å². The quantitative estimate of drug-likeness (QED) is 0.570. The molecule has 0 unspecified atom stereocenters. The highest BCUT2D eigenvalue weighted by Crippen LogP contribution is 2.39. The first-order valence-corrected chi connectivity index (χ1v) is 11.7. The van der Waals surface area contributed by atoms with Gasteiger partial charge in [-0.1, -0.05) is 23.7 Å². The average molecular weight is 448 g/mol. The maximum Gasteiger partial charge on any atom is 0.263 e. The van der Waals surface area contributed by atoms with Crippen molar-refractivity contribution in [2.45, 2.75) is 29.7 Å². The minimum Gasteiger partial charge on any atom is -0.346 e. The van der Waals surface area contributed by atoms with Crippen LogP contribution in [0.2, 0.25) is 5.02 Å². The van der Waals surface area contributed by atoms with Crippen LogP contribution in [0, 0.1) is 0 Å². The third kappa shape index (κ3) is 4.77. The molecule has 0 atom stereocenters. The molecule has 4 rings (SSSR count). The fourth-order valence-electron chi connectivity index (χ4n) is 3.04. The maximum absolute atomic E-state index is 12.7. The molecule has 1 saturated carbocycles. The molecule has 2 N–H and O–H groups in total. The Labute approximate surface area is 178 Å². The van der Waals surface area contributed by atoms with Crippen molar-refractivity contribution in [1.82, 2.24) is 10.3 Å². The molecule has 0 radical (unpaired) electrons. The number of hydrogen-bond acceptors (Lipinski definition) is 5. The predicted octanol–water partition coefficient (Wildman–Crippen LogP) is 4.10. The molecule has 2 aromatic carbocycles. The second-order valence-corrected chi connectivity index (χ2v) is 10.0. The molecule has 0 saturated heterocycles. The smallest absolute Gasteiger partial charge is 0.263 e. The summed E-state index contributed by atoms with van der Waals surface area (Å²) in [5.74, 6) is -0.215. The lowest BCUT2D eigenvalue weighted by atomic mass is 10.0. The van der Waals surface area contributed by atoms with Crippen LogP contribution >= 0.6 is 22.9 Å². The van der Waals surface area contributed by atoms with Crippen LogP contribution in [0.3, 0.4) is 0 Å². The number of carbonyl (C=O) groups is 1. The van der Waals surface area contributed by atoms with Crippen LogP contribution in [0.15, 0.2) is 65.0 Å². The van der Waals surface area contributed by atoms with Crippen LogP contribution in [0.4, 0.5) is 5.13 Å². The Bertz CT molecular complexity index is 1110. The molecule has 1 aliphatic rings. The Kier molecular flexibility index (Phi) is 5.33. The van der Waals surface area contributed by atoms with Gasteiger partial charge in [-0.3, -0.25) is 9.52 Å². The summed E-state index contributed by atoms with van der Waals surface area (Å²) in [6, 6.07) is 13.5. The first-order valence-electron chi connectivity index (χ1n) is 8.95. The van der Waals surface area contributed by atoms with Gasteiger partial charge < -0.3 is 5.32 Å². The summed E-state index contributed by atoms with van der Waals surface area (Å²) in [7, 11) is -3.74. The largest absolute Gasteiger partial charge is 0.346 e. The molecule has 1 aromatic heterocycles. The number of nitrogens with zero attached hydrogens (tertiary/aromatic N) is 1. The minimum atomic E-state index is -3.74. The molecule has 1 aliphatic carbocycles. The van der Waals surface area contributed by atoms with Gasteiger partial charge in [-0.2, -0.15) is 0 Å². The fourth-order valence-corrected chi connectivity index (χ4v) is 4.95. The number of sulfonamides is 1. The van der Waals surface area contributed by atoms with Gasteiger partial charge in [0.15, 0.2) is 5.13 Å². The normalized spacial score (nSPS) is 14.9. The number of hydrogen-bond donors (Lipinski definition) is 2. The number of amides is 1. The monoisotopic (exact) mass is 447 g/mol. The Morgan fingerprint density at radius 1 is 1.10 bits per heavy atom. The van der Waals surface area contributed by atoms with Gasteiger partial charge in [0, 0.05) is 27.7 Å². The zero-order chi connectivity index (χ0) is 20.5. The van der Waals surface area contributed by atoms with Crippen molar-refractivity contribution >= 4 is 44.0 Å². The summed E-state index contributed by atoms with van der Waals surface area (Å²) in [5.41, 5.74) is 1.28. The molecule has 0 bridgehead atoms. The van der Waals surface area contributed by atoms with Gasteiger partial charge in [-0.25, -0.2) is 13.4 Å². The van der Waals surface area contributed by atoms with Crippen LogP contribution in [0.25, 0.3) is 0 Å². The number of anilines is 1. The highest BCUT2D eigenvalue weighted by molar-refractivity contribution is 7.93. The lowest BCUT2D eigenvalue weighted by molar-refractivity contribution is 0.0931. The Morgan fingerprint density at radius 2 is 1.79 bits per heavy atom. The van der Waals surface area contributed by atoms with Crippen LogP contribution < -0.4 is 10.0 Å². The number of halogens is 1. The van der Waals surface area contributed by atoms with E-state index in [9.17, 15) is 13.2 Å².